The second-order valence-corrected chi connectivity index (χ2v) is 4.98. The molecule has 0 aromatic heterocycles. The van der Waals surface area contributed by atoms with Crippen LogP contribution < -0.4 is 5.73 Å². The van der Waals surface area contributed by atoms with E-state index in [4.69, 9.17) is 5.73 Å². The zero-order valence-electron chi connectivity index (χ0n) is 10.7. The van der Waals surface area contributed by atoms with Crippen LogP contribution in [0.5, 0.6) is 5.75 Å². The Morgan fingerprint density at radius 3 is 2.39 bits per heavy atom. The lowest BCUT2D eigenvalue weighted by Crippen LogP contribution is -2.46. The highest BCUT2D eigenvalue weighted by atomic mass is 16.3. The minimum Gasteiger partial charge on any atom is -0.508 e. The Kier molecular flexibility index (Phi) is 3.87. The number of aromatic hydroxyl groups is 1. The van der Waals surface area contributed by atoms with Gasteiger partial charge in [-0.05, 0) is 56.5 Å². The molecular weight excluding hydrogens is 228 g/mol. The van der Waals surface area contributed by atoms with E-state index in [1.807, 2.05) is 19.1 Å². The van der Waals surface area contributed by atoms with Gasteiger partial charge in [0.15, 0.2) is 0 Å². The number of piperidine rings is 1. The van der Waals surface area contributed by atoms with Crippen molar-refractivity contribution in [1.29, 1.82) is 0 Å². The van der Waals surface area contributed by atoms with E-state index in [1.165, 1.54) is 5.56 Å². The molecule has 1 saturated heterocycles. The van der Waals surface area contributed by atoms with Gasteiger partial charge < -0.3 is 10.8 Å². The van der Waals surface area contributed by atoms with Crippen molar-refractivity contribution in [2.24, 2.45) is 5.73 Å². The van der Waals surface area contributed by atoms with E-state index in [0.717, 1.165) is 25.9 Å². The topological polar surface area (TPSA) is 66.6 Å². The van der Waals surface area contributed by atoms with Gasteiger partial charge >= 0.3 is 0 Å². The van der Waals surface area contributed by atoms with Gasteiger partial charge in [-0.2, -0.15) is 0 Å². The van der Waals surface area contributed by atoms with Gasteiger partial charge in [0.1, 0.15) is 5.75 Å². The van der Waals surface area contributed by atoms with Gasteiger partial charge in [-0.3, -0.25) is 9.69 Å². The predicted molar refractivity (Wildman–Crippen MR) is 70.3 cm³/mol. The largest absolute Gasteiger partial charge is 0.508 e. The smallest absolute Gasteiger partial charge is 0.234 e. The molecule has 0 aliphatic carbocycles. The average molecular weight is 248 g/mol. The van der Waals surface area contributed by atoms with E-state index in [1.54, 1.807) is 12.1 Å². The Bertz CT molecular complexity index is 408. The molecule has 98 valence electrons. The highest BCUT2D eigenvalue weighted by molar-refractivity contribution is 5.79. The molecule has 0 bridgehead atoms. The van der Waals surface area contributed by atoms with Gasteiger partial charge in [0.05, 0.1) is 6.04 Å². The summed E-state index contributed by atoms with van der Waals surface area (Å²) in [6.07, 6.45) is 2.06. The first kappa shape index (κ1) is 12.9. The molecule has 1 atom stereocenters. The number of benzene rings is 1. The maximum Gasteiger partial charge on any atom is 0.234 e. The quantitative estimate of drug-likeness (QED) is 0.850. The number of rotatable bonds is 3. The Labute approximate surface area is 107 Å². The number of likely N-dealkylation sites (tertiary alicyclic amines) is 1. The first-order valence-corrected chi connectivity index (χ1v) is 6.40. The number of primary amides is 1. The van der Waals surface area contributed by atoms with E-state index in [-0.39, 0.29) is 11.9 Å². The fourth-order valence-corrected chi connectivity index (χ4v) is 2.55. The molecule has 1 fully saturated rings. The maximum absolute atomic E-state index is 11.1. The Hall–Kier alpha value is -1.55. The Morgan fingerprint density at radius 1 is 1.33 bits per heavy atom. The van der Waals surface area contributed by atoms with Crippen LogP contribution in [0.4, 0.5) is 0 Å². The number of carbonyl (C=O) groups is 1. The van der Waals surface area contributed by atoms with Crippen molar-refractivity contribution in [3.05, 3.63) is 29.8 Å². The van der Waals surface area contributed by atoms with Crippen molar-refractivity contribution < 1.29 is 9.90 Å². The van der Waals surface area contributed by atoms with Crippen LogP contribution >= 0.6 is 0 Å². The maximum atomic E-state index is 11.1. The zero-order valence-corrected chi connectivity index (χ0v) is 10.7. The number of nitrogens with two attached hydrogens (primary N) is 1. The van der Waals surface area contributed by atoms with Crippen LogP contribution in [0.2, 0.25) is 0 Å². The fourth-order valence-electron chi connectivity index (χ4n) is 2.55. The summed E-state index contributed by atoms with van der Waals surface area (Å²) in [4.78, 5) is 13.3. The minimum atomic E-state index is -0.252. The van der Waals surface area contributed by atoms with Gasteiger partial charge in [-0.25, -0.2) is 0 Å². The molecule has 0 unspecified atom stereocenters. The van der Waals surface area contributed by atoms with Crippen LogP contribution in [-0.4, -0.2) is 35.0 Å². The van der Waals surface area contributed by atoms with Gasteiger partial charge in [0, 0.05) is 0 Å². The highest BCUT2D eigenvalue weighted by Gasteiger charge is 2.25. The van der Waals surface area contributed by atoms with E-state index in [9.17, 15) is 9.90 Å². The zero-order chi connectivity index (χ0) is 13.1. The van der Waals surface area contributed by atoms with E-state index >= 15 is 0 Å². The van der Waals surface area contributed by atoms with Crippen LogP contribution in [0.25, 0.3) is 0 Å². The minimum absolute atomic E-state index is 0.175. The van der Waals surface area contributed by atoms with Crippen molar-refractivity contribution >= 4 is 5.91 Å². The lowest BCUT2D eigenvalue weighted by Gasteiger charge is -2.34. The summed E-state index contributed by atoms with van der Waals surface area (Å²) in [5.41, 5.74) is 6.58. The number of carbonyl (C=O) groups excluding carboxylic acids is 1. The van der Waals surface area contributed by atoms with Crippen LogP contribution in [-0.2, 0) is 4.79 Å². The normalized spacial score (nSPS) is 19.6. The van der Waals surface area contributed by atoms with Gasteiger partial charge in [0.2, 0.25) is 5.91 Å². The van der Waals surface area contributed by atoms with Gasteiger partial charge in [0.25, 0.3) is 0 Å². The summed E-state index contributed by atoms with van der Waals surface area (Å²) in [6, 6.07) is 7.24. The highest BCUT2D eigenvalue weighted by Crippen LogP contribution is 2.29. The first-order chi connectivity index (χ1) is 8.58. The predicted octanol–water partition coefficient (Wildman–Crippen LogP) is 1.45. The molecule has 0 saturated carbocycles. The molecule has 1 aliphatic heterocycles. The molecule has 1 aliphatic rings. The molecule has 4 heteroatoms. The molecule has 3 N–H and O–H groups in total. The van der Waals surface area contributed by atoms with Gasteiger partial charge in [-0.1, -0.05) is 12.1 Å². The number of nitrogens with zero attached hydrogens (tertiary/aromatic N) is 1. The summed E-state index contributed by atoms with van der Waals surface area (Å²) in [5.74, 6) is 0.568. The molecule has 4 nitrogen and oxygen atoms in total. The molecule has 18 heavy (non-hydrogen) atoms. The second-order valence-electron chi connectivity index (χ2n) is 4.98. The summed E-state index contributed by atoms with van der Waals surface area (Å²) >= 11 is 0. The van der Waals surface area contributed by atoms with E-state index in [0.29, 0.717) is 11.7 Å². The fraction of sp³-hybridized carbons (Fsp3) is 0.500. The van der Waals surface area contributed by atoms with Crippen molar-refractivity contribution in [1.82, 2.24) is 4.90 Å². The molecule has 1 heterocycles. The summed E-state index contributed by atoms with van der Waals surface area (Å²) in [5, 5.41) is 9.27. The molecule has 0 radical (unpaired) electrons. The lowest BCUT2D eigenvalue weighted by atomic mass is 9.89. The Morgan fingerprint density at radius 2 is 1.89 bits per heavy atom. The molecule has 1 aromatic rings. The molecule has 0 spiro atoms. The number of hydrogen-bond donors (Lipinski definition) is 2. The van der Waals surface area contributed by atoms with Crippen molar-refractivity contribution in [3.8, 4) is 5.75 Å². The average Bonchev–Trinajstić information content (AvgIpc) is 2.39. The standard InChI is InChI=1S/C14H20N2O2/c1-10(14(15)18)16-8-6-12(7-9-16)11-2-4-13(17)5-3-11/h2-5,10,12,17H,6-9H2,1H3,(H2,15,18)/t10-/m1/s1. The lowest BCUT2D eigenvalue weighted by molar-refractivity contribution is -0.123. The summed E-state index contributed by atoms with van der Waals surface area (Å²) in [7, 11) is 0. The number of hydrogen-bond acceptors (Lipinski definition) is 3. The van der Waals surface area contributed by atoms with Crippen LogP contribution in [0.1, 0.15) is 31.2 Å². The van der Waals surface area contributed by atoms with E-state index in [2.05, 4.69) is 4.90 Å². The molecule has 1 aromatic carbocycles. The van der Waals surface area contributed by atoms with Gasteiger partial charge in [-0.15, -0.1) is 0 Å². The second kappa shape index (κ2) is 5.40. The Balaban J connectivity index is 1.94. The van der Waals surface area contributed by atoms with Crippen molar-refractivity contribution in [3.63, 3.8) is 0 Å². The number of phenols is 1. The number of phenolic OH excluding ortho intramolecular Hbond substituents is 1. The van der Waals surface area contributed by atoms with Crippen molar-refractivity contribution in [2.45, 2.75) is 31.7 Å². The third kappa shape index (κ3) is 2.82. The van der Waals surface area contributed by atoms with Crippen molar-refractivity contribution in [2.75, 3.05) is 13.1 Å². The molecular formula is C14H20N2O2. The van der Waals surface area contributed by atoms with Crippen LogP contribution in [0.3, 0.4) is 0 Å². The third-order valence-electron chi connectivity index (χ3n) is 3.85. The molecule has 1 amide bonds. The monoisotopic (exact) mass is 248 g/mol. The first-order valence-electron chi connectivity index (χ1n) is 6.40. The summed E-state index contributed by atoms with van der Waals surface area (Å²) in [6.45, 7) is 3.66. The third-order valence-corrected chi connectivity index (χ3v) is 3.85. The number of amides is 1. The molecule has 2 rings (SSSR count). The van der Waals surface area contributed by atoms with E-state index < -0.39 is 0 Å². The van der Waals surface area contributed by atoms with Crippen LogP contribution in [0.15, 0.2) is 24.3 Å². The van der Waals surface area contributed by atoms with Crippen LogP contribution in [0, 0.1) is 0 Å². The summed E-state index contributed by atoms with van der Waals surface area (Å²) < 4.78 is 0. The SMILES string of the molecule is C[C@H](C(N)=O)N1CCC(c2ccc(O)cc2)CC1.